The molecule has 0 aliphatic rings. The summed E-state index contributed by atoms with van der Waals surface area (Å²) in [5.41, 5.74) is -0.111. The van der Waals surface area contributed by atoms with Crippen molar-refractivity contribution in [3.05, 3.63) is 22.7 Å². The first-order valence-electron chi connectivity index (χ1n) is 5.61. The molecular formula is C11H18ClN3O2. The van der Waals surface area contributed by atoms with Crippen molar-refractivity contribution in [2.75, 3.05) is 31.0 Å². The highest BCUT2D eigenvalue weighted by molar-refractivity contribution is 6.17. The molecule has 1 N–H and O–H groups in total. The van der Waals surface area contributed by atoms with Crippen LogP contribution in [0.15, 0.2) is 17.2 Å². The van der Waals surface area contributed by atoms with Gasteiger partial charge in [-0.15, -0.1) is 11.6 Å². The molecule has 0 unspecified atom stereocenters. The van der Waals surface area contributed by atoms with Crippen molar-refractivity contribution in [1.29, 1.82) is 0 Å². The molecule has 0 saturated carbocycles. The van der Waals surface area contributed by atoms with Crippen LogP contribution in [-0.4, -0.2) is 35.2 Å². The van der Waals surface area contributed by atoms with Crippen LogP contribution < -0.4 is 10.9 Å². The molecule has 0 aliphatic carbocycles. The van der Waals surface area contributed by atoms with Gasteiger partial charge in [-0.25, -0.2) is 4.98 Å². The SMILES string of the molecule is CC(C)n1ccnc(NCCOCCCl)c1=O. The number of nitrogens with zero attached hydrogens (tertiary/aromatic N) is 2. The third-order valence-corrected chi connectivity index (χ3v) is 2.34. The van der Waals surface area contributed by atoms with Crippen LogP contribution >= 0.6 is 11.6 Å². The molecule has 0 spiro atoms. The van der Waals surface area contributed by atoms with E-state index in [1.165, 1.54) is 0 Å². The Labute approximate surface area is 106 Å². The zero-order valence-corrected chi connectivity index (χ0v) is 10.9. The third-order valence-electron chi connectivity index (χ3n) is 2.18. The van der Waals surface area contributed by atoms with E-state index >= 15 is 0 Å². The van der Waals surface area contributed by atoms with E-state index in [0.717, 1.165) is 0 Å². The van der Waals surface area contributed by atoms with Crippen LogP contribution in [0.4, 0.5) is 5.82 Å². The van der Waals surface area contributed by atoms with Gasteiger partial charge in [0.05, 0.1) is 13.2 Å². The van der Waals surface area contributed by atoms with Crippen molar-refractivity contribution in [3.8, 4) is 0 Å². The molecule has 0 amide bonds. The number of nitrogens with one attached hydrogen (secondary N) is 1. The van der Waals surface area contributed by atoms with Crippen LogP contribution in [0.1, 0.15) is 19.9 Å². The lowest BCUT2D eigenvalue weighted by Crippen LogP contribution is -2.26. The van der Waals surface area contributed by atoms with Crippen molar-refractivity contribution >= 4 is 17.4 Å². The van der Waals surface area contributed by atoms with Gasteiger partial charge in [-0.1, -0.05) is 0 Å². The maximum Gasteiger partial charge on any atom is 0.293 e. The Kier molecular flexibility index (Phi) is 6.00. The molecule has 6 heteroatoms. The van der Waals surface area contributed by atoms with Crippen LogP contribution in [0, 0.1) is 0 Å². The largest absolute Gasteiger partial charge is 0.378 e. The molecule has 1 aromatic rings. The minimum atomic E-state index is -0.111. The van der Waals surface area contributed by atoms with Gasteiger partial charge in [0.2, 0.25) is 0 Å². The first kappa shape index (κ1) is 14.0. The Morgan fingerprint density at radius 1 is 1.53 bits per heavy atom. The molecule has 0 radical (unpaired) electrons. The summed E-state index contributed by atoms with van der Waals surface area (Å²) < 4.78 is 6.82. The number of halogens is 1. The molecule has 1 aromatic heterocycles. The predicted octanol–water partition coefficient (Wildman–Crippen LogP) is 1.49. The number of hydrogen-bond donors (Lipinski definition) is 1. The molecule has 96 valence electrons. The second kappa shape index (κ2) is 7.29. The van der Waals surface area contributed by atoms with E-state index in [9.17, 15) is 4.79 Å². The van der Waals surface area contributed by atoms with Crippen molar-refractivity contribution in [2.45, 2.75) is 19.9 Å². The van der Waals surface area contributed by atoms with Gasteiger partial charge in [0.15, 0.2) is 5.82 Å². The summed E-state index contributed by atoms with van der Waals surface area (Å²) in [6, 6.07) is 0.124. The second-order valence-corrected chi connectivity index (χ2v) is 4.19. The van der Waals surface area contributed by atoms with Crippen LogP contribution in [0.5, 0.6) is 0 Å². The molecule has 0 aromatic carbocycles. The fraction of sp³-hybridized carbons (Fsp3) is 0.636. The average molecular weight is 260 g/mol. The summed E-state index contributed by atoms with van der Waals surface area (Å²) in [5, 5.41) is 2.95. The van der Waals surface area contributed by atoms with Gasteiger partial charge >= 0.3 is 0 Å². The molecule has 0 fully saturated rings. The summed E-state index contributed by atoms with van der Waals surface area (Å²) in [7, 11) is 0. The zero-order chi connectivity index (χ0) is 12.7. The summed E-state index contributed by atoms with van der Waals surface area (Å²) in [4.78, 5) is 15.9. The standard InChI is InChI=1S/C11H18ClN3O2/c1-9(2)15-6-4-13-10(11(15)16)14-5-8-17-7-3-12/h4,6,9H,3,5,7-8H2,1-2H3,(H,13,14). The Morgan fingerprint density at radius 2 is 2.29 bits per heavy atom. The van der Waals surface area contributed by atoms with E-state index in [4.69, 9.17) is 16.3 Å². The van der Waals surface area contributed by atoms with E-state index < -0.39 is 0 Å². The van der Waals surface area contributed by atoms with Crippen molar-refractivity contribution in [2.24, 2.45) is 0 Å². The van der Waals surface area contributed by atoms with Gasteiger partial charge in [-0.2, -0.15) is 0 Å². The van der Waals surface area contributed by atoms with E-state index in [-0.39, 0.29) is 11.6 Å². The van der Waals surface area contributed by atoms with Gasteiger partial charge in [0.1, 0.15) is 0 Å². The highest BCUT2D eigenvalue weighted by atomic mass is 35.5. The zero-order valence-electron chi connectivity index (χ0n) is 10.1. The summed E-state index contributed by atoms with van der Waals surface area (Å²) in [5.74, 6) is 0.833. The number of anilines is 1. The van der Waals surface area contributed by atoms with Crippen molar-refractivity contribution < 1.29 is 4.74 Å². The molecule has 0 bridgehead atoms. The lowest BCUT2D eigenvalue weighted by Gasteiger charge is -2.11. The lowest BCUT2D eigenvalue weighted by molar-refractivity contribution is 0.160. The highest BCUT2D eigenvalue weighted by Gasteiger charge is 2.05. The van der Waals surface area contributed by atoms with E-state index in [1.54, 1.807) is 17.0 Å². The Bertz CT molecular complexity index is 393. The van der Waals surface area contributed by atoms with E-state index in [2.05, 4.69) is 10.3 Å². The van der Waals surface area contributed by atoms with E-state index in [1.807, 2.05) is 13.8 Å². The molecule has 5 nitrogen and oxygen atoms in total. The van der Waals surface area contributed by atoms with Crippen LogP contribution in [0.3, 0.4) is 0 Å². The Balaban J connectivity index is 2.54. The van der Waals surface area contributed by atoms with Crippen LogP contribution in [0.25, 0.3) is 0 Å². The molecule has 1 rings (SSSR count). The summed E-state index contributed by atoms with van der Waals surface area (Å²) in [6.07, 6.45) is 3.30. The average Bonchev–Trinajstić information content (AvgIpc) is 2.30. The molecule has 0 atom stereocenters. The van der Waals surface area contributed by atoms with Gasteiger partial charge in [0.25, 0.3) is 5.56 Å². The maximum absolute atomic E-state index is 11.9. The van der Waals surface area contributed by atoms with Crippen molar-refractivity contribution in [1.82, 2.24) is 9.55 Å². The topological polar surface area (TPSA) is 56.1 Å². The van der Waals surface area contributed by atoms with Gasteiger partial charge in [0, 0.05) is 30.9 Å². The minimum absolute atomic E-state index is 0.111. The number of aromatic nitrogens is 2. The summed E-state index contributed by atoms with van der Waals surface area (Å²) in [6.45, 7) is 5.47. The molecule has 17 heavy (non-hydrogen) atoms. The third kappa shape index (κ3) is 4.36. The first-order chi connectivity index (χ1) is 8.16. The predicted molar refractivity (Wildman–Crippen MR) is 68.9 cm³/mol. The number of rotatable bonds is 7. The number of alkyl halides is 1. The molecule has 0 aliphatic heterocycles. The maximum atomic E-state index is 11.9. The highest BCUT2D eigenvalue weighted by Crippen LogP contribution is 2.00. The van der Waals surface area contributed by atoms with E-state index in [0.29, 0.717) is 31.5 Å². The van der Waals surface area contributed by atoms with Gasteiger partial charge < -0.3 is 14.6 Å². The second-order valence-electron chi connectivity index (χ2n) is 3.81. The Morgan fingerprint density at radius 3 is 2.94 bits per heavy atom. The minimum Gasteiger partial charge on any atom is -0.378 e. The lowest BCUT2D eigenvalue weighted by atomic mass is 10.4. The smallest absolute Gasteiger partial charge is 0.293 e. The summed E-state index contributed by atoms with van der Waals surface area (Å²) >= 11 is 5.47. The van der Waals surface area contributed by atoms with Crippen LogP contribution in [0.2, 0.25) is 0 Å². The Hall–Kier alpha value is -1.07. The fourth-order valence-corrected chi connectivity index (χ4v) is 1.46. The van der Waals surface area contributed by atoms with Gasteiger partial charge in [-0.3, -0.25) is 4.79 Å². The molecule has 0 saturated heterocycles. The molecular weight excluding hydrogens is 242 g/mol. The fourth-order valence-electron chi connectivity index (χ4n) is 1.35. The normalized spacial score (nSPS) is 10.8. The van der Waals surface area contributed by atoms with Crippen molar-refractivity contribution in [3.63, 3.8) is 0 Å². The number of ether oxygens (including phenoxy) is 1. The monoisotopic (exact) mass is 259 g/mol. The first-order valence-corrected chi connectivity index (χ1v) is 6.15. The van der Waals surface area contributed by atoms with Gasteiger partial charge in [-0.05, 0) is 13.8 Å². The molecule has 1 heterocycles. The van der Waals surface area contributed by atoms with Crippen LogP contribution in [-0.2, 0) is 4.74 Å². The quantitative estimate of drug-likeness (QED) is 0.595. The number of hydrogen-bond acceptors (Lipinski definition) is 4.